The topological polar surface area (TPSA) is 92.8 Å². The Bertz CT molecular complexity index is 728. The molecule has 2 aliphatic heterocycles. The number of amides is 2. The molecule has 2 aliphatic rings. The molecule has 0 bridgehead atoms. The number of fused-ring (bicyclic) bond motifs is 1. The van der Waals surface area contributed by atoms with Gasteiger partial charge in [-0.25, -0.2) is 4.79 Å². The third kappa shape index (κ3) is 2.84. The summed E-state index contributed by atoms with van der Waals surface area (Å²) in [5.41, 5.74) is 0.199. The van der Waals surface area contributed by atoms with Crippen LogP contribution < -0.4 is 5.32 Å². The van der Waals surface area contributed by atoms with E-state index in [9.17, 15) is 19.2 Å². The van der Waals surface area contributed by atoms with Gasteiger partial charge in [-0.05, 0) is 11.4 Å². The van der Waals surface area contributed by atoms with E-state index in [0.717, 1.165) is 4.88 Å². The van der Waals surface area contributed by atoms with Crippen molar-refractivity contribution in [3.8, 4) is 0 Å². The van der Waals surface area contributed by atoms with Crippen LogP contribution in [0.5, 0.6) is 0 Å². The van der Waals surface area contributed by atoms with E-state index in [-0.39, 0.29) is 23.6 Å². The summed E-state index contributed by atoms with van der Waals surface area (Å²) in [5.74, 6) is -1.09. The van der Waals surface area contributed by atoms with Crippen molar-refractivity contribution in [2.24, 2.45) is 0 Å². The quantitative estimate of drug-likeness (QED) is 0.458. The Morgan fingerprint density at radius 1 is 1.50 bits per heavy atom. The molecule has 24 heavy (non-hydrogen) atoms. The van der Waals surface area contributed by atoms with Crippen molar-refractivity contribution >= 4 is 47.2 Å². The van der Waals surface area contributed by atoms with Crippen molar-refractivity contribution in [2.75, 3.05) is 12.9 Å². The lowest BCUT2D eigenvalue weighted by atomic mass is 10.0. The number of hydrogen-bond donors (Lipinski definition) is 1. The number of nitrogens with zero attached hydrogens (tertiary/aromatic N) is 1. The molecule has 1 saturated heterocycles. The summed E-state index contributed by atoms with van der Waals surface area (Å²) >= 11 is 2.80. The normalized spacial score (nSPS) is 22.5. The summed E-state index contributed by atoms with van der Waals surface area (Å²) < 4.78 is 4.66. The molecular weight excluding hydrogens is 352 g/mol. The van der Waals surface area contributed by atoms with Crippen LogP contribution in [-0.2, 0) is 30.3 Å². The highest BCUT2D eigenvalue weighted by molar-refractivity contribution is 8.00. The van der Waals surface area contributed by atoms with Crippen LogP contribution in [0.2, 0.25) is 0 Å². The average Bonchev–Trinajstić information content (AvgIpc) is 3.10. The molecule has 0 aromatic carbocycles. The van der Waals surface area contributed by atoms with Crippen molar-refractivity contribution in [3.05, 3.63) is 33.7 Å². The summed E-state index contributed by atoms with van der Waals surface area (Å²) in [6.07, 6.45) is 0.767. The number of carbonyl (C=O) groups is 4. The molecular formula is C15H14N2O5S2. The van der Waals surface area contributed by atoms with Crippen LogP contribution >= 0.6 is 23.1 Å². The van der Waals surface area contributed by atoms with Crippen LogP contribution in [0.25, 0.3) is 0 Å². The average molecular weight is 366 g/mol. The third-order valence-corrected chi connectivity index (χ3v) is 5.93. The fraction of sp³-hybridized carbons (Fsp3) is 0.333. The lowest BCUT2D eigenvalue weighted by molar-refractivity contribution is -0.151. The zero-order valence-electron chi connectivity index (χ0n) is 12.7. The second kappa shape index (κ2) is 6.78. The first-order valence-electron chi connectivity index (χ1n) is 7.10. The van der Waals surface area contributed by atoms with E-state index in [2.05, 4.69) is 10.1 Å². The predicted octanol–water partition coefficient (Wildman–Crippen LogP) is 0.316. The van der Waals surface area contributed by atoms with Crippen LogP contribution in [0.4, 0.5) is 0 Å². The maximum atomic E-state index is 12.4. The molecule has 0 spiro atoms. The van der Waals surface area contributed by atoms with Gasteiger partial charge in [0.05, 0.1) is 13.5 Å². The summed E-state index contributed by atoms with van der Waals surface area (Å²) in [4.78, 5) is 49.6. The van der Waals surface area contributed by atoms with E-state index in [0.29, 0.717) is 12.0 Å². The number of nitrogens with one attached hydrogen (secondary N) is 1. The predicted molar refractivity (Wildman–Crippen MR) is 88.2 cm³/mol. The Morgan fingerprint density at radius 3 is 2.92 bits per heavy atom. The Labute approximate surface area is 146 Å². The van der Waals surface area contributed by atoms with Crippen molar-refractivity contribution < 1.29 is 23.9 Å². The minimum absolute atomic E-state index is 0.0231. The lowest BCUT2D eigenvalue weighted by Gasteiger charge is -2.49. The van der Waals surface area contributed by atoms with Crippen LogP contribution in [0.15, 0.2) is 28.8 Å². The highest BCUT2D eigenvalue weighted by Crippen LogP contribution is 2.40. The van der Waals surface area contributed by atoms with Crippen LogP contribution in [0.1, 0.15) is 4.88 Å². The lowest BCUT2D eigenvalue weighted by Crippen LogP contribution is -2.70. The first-order valence-corrected chi connectivity index (χ1v) is 9.02. The molecule has 7 nitrogen and oxygen atoms in total. The molecule has 1 unspecified atom stereocenters. The molecule has 2 amide bonds. The molecule has 0 aliphatic carbocycles. The Morgan fingerprint density at radius 2 is 2.29 bits per heavy atom. The molecule has 1 fully saturated rings. The molecule has 3 heterocycles. The maximum absolute atomic E-state index is 12.4. The standard InChI is InChI=1S/C15H14N2O5S2/c1-22-15(21)12-8(6-18)7-24-14-11(13(20)17(12)14)16-10(19)5-9-3-2-4-23-9/h2-4,6,11,14H,5,7H2,1H3,(H,16,19)/t11?,14-/m0/s1. The Kier molecular flexibility index (Phi) is 4.72. The zero-order chi connectivity index (χ0) is 17.3. The molecule has 9 heteroatoms. The monoisotopic (exact) mass is 366 g/mol. The van der Waals surface area contributed by atoms with Crippen molar-refractivity contribution in [1.29, 1.82) is 0 Å². The van der Waals surface area contributed by atoms with Gasteiger partial charge in [-0.15, -0.1) is 23.1 Å². The van der Waals surface area contributed by atoms with Gasteiger partial charge < -0.3 is 10.1 Å². The summed E-state index contributed by atoms with van der Waals surface area (Å²) in [7, 11) is 1.19. The first-order chi connectivity index (χ1) is 11.6. The number of carbonyl (C=O) groups excluding carboxylic acids is 4. The molecule has 3 rings (SSSR count). The molecule has 0 saturated carbocycles. The first kappa shape index (κ1) is 16.7. The number of esters is 1. The summed E-state index contributed by atoms with van der Waals surface area (Å²) in [6, 6.07) is 3.01. The van der Waals surface area contributed by atoms with Gasteiger partial charge >= 0.3 is 5.97 Å². The fourth-order valence-electron chi connectivity index (χ4n) is 2.62. The smallest absolute Gasteiger partial charge is 0.355 e. The molecule has 0 radical (unpaired) electrons. The highest BCUT2D eigenvalue weighted by Gasteiger charge is 2.54. The second-order valence-corrected chi connectivity index (χ2v) is 7.33. The number of rotatable bonds is 5. The van der Waals surface area contributed by atoms with Gasteiger partial charge in [0.1, 0.15) is 23.4 Å². The number of hydrogen-bond acceptors (Lipinski definition) is 7. The SMILES string of the molecule is COC(=O)C1=C(C=O)CS[C@H]2C(NC(=O)Cc3cccs3)C(=O)N12. The van der Waals surface area contributed by atoms with Gasteiger partial charge in [0.2, 0.25) is 5.91 Å². The maximum Gasteiger partial charge on any atom is 0.355 e. The van der Waals surface area contributed by atoms with E-state index in [1.165, 1.54) is 35.1 Å². The van der Waals surface area contributed by atoms with Gasteiger partial charge in [-0.1, -0.05) is 6.07 Å². The Balaban J connectivity index is 1.72. The van der Waals surface area contributed by atoms with Crippen molar-refractivity contribution in [3.63, 3.8) is 0 Å². The van der Waals surface area contributed by atoms with Gasteiger partial charge in [0.25, 0.3) is 5.91 Å². The van der Waals surface area contributed by atoms with Gasteiger partial charge in [-0.3, -0.25) is 19.3 Å². The second-order valence-electron chi connectivity index (χ2n) is 5.19. The number of aldehydes is 1. The molecule has 126 valence electrons. The van der Waals surface area contributed by atoms with Gasteiger partial charge in [-0.2, -0.15) is 0 Å². The van der Waals surface area contributed by atoms with Crippen LogP contribution in [-0.4, -0.2) is 53.2 Å². The van der Waals surface area contributed by atoms with Gasteiger partial charge in [0, 0.05) is 16.2 Å². The minimum atomic E-state index is -0.723. The molecule has 1 aromatic rings. The van der Waals surface area contributed by atoms with Crippen molar-refractivity contribution in [1.82, 2.24) is 10.2 Å². The fourth-order valence-corrected chi connectivity index (χ4v) is 4.61. The number of thiophene rings is 1. The Hall–Kier alpha value is -2.13. The van der Waals surface area contributed by atoms with Crippen LogP contribution in [0.3, 0.4) is 0 Å². The number of β-lactam (4-membered cyclic amide) rings is 1. The van der Waals surface area contributed by atoms with E-state index in [1.54, 1.807) is 0 Å². The molecule has 1 N–H and O–H groups in total. The van der Waals surface area contributed by atoms with Gasteiger partial charge in [0.15, 0.2) is 0 Å². The van der Waals surface area contributed by atoms with E-state index < -0.39 is 23.3 Å². The molecule has 2 atom stereocenters. The summed E-state index contributed by atoms with van der Waals surface area (Å²) in [5, 5.41) is 4.19. The van der Waals surface area contributed by atoms with Crippen LogP contribution in [0, 0.1) is 0 Å². The van der Waals surface area contributed by atoms with Crippen molar-refractivity contribution in [2.45, 2.75) is 17.8 Å². The largest absolute Gasteiger partial charge is 0.464 e. The number of methoxy groups -OCH3 is 1. The highest BCUT2D eigenvalue weighted by atomic mass is 32.2. The number of thioether (sulfide) groups is 1. The zero-order valence-corrected chi connectivity index (χ0v) is 14.3. The minimum Gasteiger partial charge on any atom is -0.464 e. The van der Waals surface area contributed by atoms with E-state index in [4.69, 9.17) is 0 Å². The summed E-state index contributed by atoms with van der Waals surface area (Å²) in [6.45, 7) is 0. The molecule has 1 aromatic heterocycles. The van der Waals surface area contributed by atoms with E-state index in [1.807, 2.05) is 17.5 Å². The van der Waals surface area contributed by atoms with E-state index >= 15 is 0 Å². The number of ether oxygens (including phenoxy) is 1. The third-order valence-electron chi connectivity index (χ3n) is 3.75.